The first-order valence-corrected chi connectivity index (χ1v) is 6.84. The van der Waals surface area contributed by atoms with Crippen molar-refractivity contribution in [1.29, 1.82) is 0 Å². The summed E-state index contributed by atoms with van der Waals surface area (Å²) in [6.45, 7) is 2.05. The van der Waals surface area contributed by atoms with E-state index in [4.69, 9.17) is 9.47 Å². The molecular formula is C17H20O4. The molecule has 0 aliphatic heterocycles. The van der Waals surface area contributed by atoms with Crippen LogP contribution < -0.4 is 9.47 Å². The third-order valence-corrected chi connectivity index (χ3v) is 3.63. The van der Waals surface area contributed by atoms with E-state index in [1.165, 1.54) is 7.11 Å². The van der Waals surface area contributed by atoms with Crippen LogP contribution in [0, 0.1) is 0 Å². The van der Waals surface area contributed by atoms with Crippen LogP contribution in [0.15, 0.2) is 36.4 Å². The van der Waals surface area contributed by atoms with Crippen molar-refractivity contribution in [1.82, 2.24) is 0 Å². The Kier molecular flexibility index (Phi) is 4.58. The molecule has 2 aromatic carbocycles. The quantitative estimate of drug-likeness (QED) is 0.881. The molecule has 0 amide bonds. The zero-order chi connectivity index (χ0) is 15.4. The van der Waals surface area contributed by atoms with E-state index >= 15 is 0 Å². The fourth-order valence-corrected chi connectivity index (χ4v) is 2.49. The predicted molar refractivity (Wildman–Crippen MR) is 81.5 cm³/mol. The Bertz CT molecular complexity index is 622. The van der Waals surface area contributed by atoms with Crippen molar-refractivity contribution < 1.29 is 19.7 Å². The summed E-state index contributed by atoms with van der Waals surface area (Å²) in [5.41, 5.74) is 1.80. The minimum absolute atomic E-state index is 0.0189. The average molecular weight is 288 g/mol. The van der Waals surface area contributed by atoms with Gasteiger partial charge in [-0.1, -0.05) is 19.1 Å². The van der Waals surface area contributed by atoms with E-state index in [1.807, 2.05) is 25.1 Å². The van der Waals surface area contributed by atoms with Gasteiger partial charge in [0.25, 0.3) is 0 Å². The minimum atomic E-state index is 0.0189. The molecule has 0 aliphatic carbocycles. The lowest BCUT2D eigenvalue weighted by molar-refractivity contribution is 0.372. The zero-order valence-corrected chi connectivity index (χ0v) is 12.5. The standard InChI is InChI=1S/C17H20O4/c1-4-13(11-5-8-15(18)17(9-11)21-3)14-7-6-12(20-2)10-16(14)19/h5-10,13,18-19H,4H2,1-3H3. The minimum Gasteiger partial charge on any atom is -0.508 e. The van der Waals surface area contributed by atoms with Gasteiger partial charge in [-0.2, -0.15) is 0 Å². The van der Waals surface area contributed by atoms with Crippen LogP contribution in [0.3, 0.4) is 0 Å². The SMILES string of the molecule is CCC(c1ccc(O)c(OC)c1)c1ccc(OC)cc1O. The normalized spacial score (nSPS) is 12.0. The maximum absolute atomic E-state index is 10.2. The molecule has 0 aliphatic rings. The van der Waals surface area contributed by atoms with Crippen LogP contribution >= 0.6 is 0 Å². The first-order chi connectivity index (χ1) is 10.1. The number of benzene rings is 2. The van der Waals surface area contributed by atoms with Crippen molar-refractivity contribution in [3.63, 3.8) is 0 Å². The van der Waals surface area contributed by atoms with E-state index in [1.54, 1.807) is 25.3 Å². The monoisotopic (exact) mass is 288 g/mol. The molecule has 2 N–H and O–H groups in total. The molecule has 0 spiro atoms. The number of methoxy groups -OCH3 is 2. The number of aromatic hydroxyl groups is 2. The van der Waals surface area contributed by atoms with Gasteiger partial charge in [0.15, 0.2) is 11.5 Å². The Morgan fingerprint density at radius 2 is 1.71 bits per heavy atom. The zero-order valence-electron chi connectivity index (χ0n) is 12.5. The number of phenols is 2. The highest BCUT2D eigenvalue weighted by atomic mass is 16.5. The molecule has 0 heterocycles. The van der Waals surface area contributed by atoms with E-state index in [0.717, 1.165) is 17.5 Å². The van der Waals surface area contributed by atoms with Gasteiger partial charge < -0.3 is 19.7 Å². The topological polar surface area (TPSA) is 58.9 Å². The van der Waals surface area contributed by atoms with Crippen LogP contribution in [0.5, 0.6) is 23.0 Å². The first-order valence-electron chi connectivity index (χ1n) is 6.84. The van der Waals surface area contributed by atoms with E-state index < -0.39 is 0 Å². The Morgan fingerprint density at radius 3 is 2.29 bits per heavy atom. The predicted octanol–water partition coefficient (Wildman–Crippen LogP) is 3.66. The van der Waals surface area contributed by atoms with Crippen LogP contribution in [0.25, 0.3) is 0 Å². The molecule has 4 nitrogen and oxygen atoms in total. The fourth-order valence-electron chi connectivity index (χ4n) is 2.49. The summed E-state index contributed by atoms with van der Waals surface area (Å²) < 4.78 is 10.3. The highest BCUT2D eigenvalue weighted by Gasteiger charge is 2.18. The van der Waals surface area contributed by atoms with Gasteiger partial charge in [-0.25, -0.2) is 0 Å². The second-order valence-electron chi connectivity index (χ2n) is 4.82. The summed E-state index contributed by atoms with van der Waals surface area (Å²) in [7, 11) is 3.08. The lowest BCUT2D eigenvalue weighted by Gasteiger charge is -2.19. The number of ether oxygens (including phenoxy) is 2. The summed E-state index contributed by atoms with van der Waals surface area (Å²) in [5.74, 6) is 1.38. The number of hydrogen-bond acceptors (Lipinski definition) is 4. The maximum Gasteiger partial charge on any atom is 0.160 e. The van der Waals surface area contributed by atoms with Crippen molar-refractivity contribution in [2.75, 3.05) is 14.2 Å². The lowest BCUT2D eigenvalue weighted by Crippen LogP contribution is -2.01. The third-order valence-electron chi connectivity index (χ3n) is 3.63. The first kappa shape index (κ1) is 15.0. The van der Waals surface area contributed by atoms with Gasteiger partial charge in [0.2, 0.25) is 0 Å². The third kappa shape index (κ3) is 3.05. The van der Waals surface area contributed by atoms with Gasteiger partial charge in [0.1, 0.15) is 11.5 Å². The van der Waals surface area contributed by atoms with Gasteiger partial charge >= 0.3 is 0 Å². The molecule has 0 bridgehead atoms. The molecule has 4 heteroatoms. The van der Waals surface area contributed by atoms with Gasteiger partial charge in [-0.05, 0) is 30.2 Å². The Hall–Kier alpha value is -2.36. The van der Waals surface area contributed by atoms with E-state index in [2.05, 4.69) is 0 Å². The van der Waals surface area contributed by atoms with Gasteiger partial charge in [-0.3, -0.25) is 0 Å². The van der Waals surface area contributed by atoms with Crippen molar-refractivity contribution in [3.8, 4) is 23.0 Å². The fraction of sp³-hybridized carbons (Fsp3) is 0.294. The van der Waals surface area contributed by atoms with E-state index in [-0.39, 0.29) is 17.4 Å². The molecule has 1 atom stereocenters. The summed E-state index contributed by atoms with van der Waals surface area (Å²) in [6, 6.07) is 10.5. The van der Waals surface area contributed by atoms with Gasteiger partial charge in [0.05, 0.1) is 14.2 Å². The van der Waals surface area contributed by atoms with Crippen LogP contribution in [-0.2, 0) is 0 Å². The molecule has 2 rings (SSSR count). The highest BCUT2D eigenvalue weighted by Crippen LogP contribution is 2.38. The smallest absolute Gasteiger partial charge is 0.160 e. The van der Waals surface area contributed by atoms with Gasteiger partial charge in [0, 0.05) is 17.5 Å². The molecule has 0 saturated carbocycles. The second-order valence-corrected chi connectivity index (χ2v) is 4.82. The Morgan fingerprint density at radius 1 is 0.952 bits per heavy atom. The Balaban J connectivity index is 2.44. The molecule has 112 valence electrons. The summed E-state index contributed by atoms with van der Waals surface area (Å²) in [6.07, 6.45) is 0.813. The van der Waals surface area contributed by atoms with Crippen LogP contribution in [-0.4, -0.2) is 24.4 Å². The van der Waals surface area contributed by atoms with E-state index in [0.29, 0.717) is 11.5 Å². The molecule has 2 aromatic rings. The molecule has 0 aromatic heterocycles. The van der Waals surface area contributed by atoms with Crippen molar-refractivity contribution in [2.24, 2.45) is 0 Å². The van der Waals surface area contributed by atoms with Crippen molar-refractivity contribution >= 4 is 0 Å². The molecular weight excluding hydrogens is 268 g/mol. The van der Waals surface area contributed by atoms with Crippen LogP contribution in [0.2, 0.25) is 0 Å². The molecule has 0 fully saturated rings. The average Bonchev–Trinajstić information content (AvgIpc) is 2.50. The summed E-state index contributed by atoms with van der Waals surface area (Å²) in [4.78, 5) is 0. The van der Waals surface area contributed by atoms with Crippen molar-refractivity contribution in [2.45, 2.75) is 19.3 Å². The van der Waals surface area contributed by atoms with Crippen molar-refractivity contribution in [3.05, 3.63) is 47.5 Å². The number of rotatable bonds is 5. The van der Waals surface area contributed by atoms with E-state index in [9.17, 15) is 10.2 Å². The van der Waals surface area contributed by atoms with Gasteiger partial charge in [-0.15, -0.1) is 0 Å². The molecule has 21 heavy (non-hydrogen) atoms. The maximum atomic E-state index is 10.2. The molecule has 0 saturated heterocycles. The summed E-state index contributed by atoms with van der Waals surface area (Å²) >= 11 is 0. The largest absolute Gasteiger partial charge is 0.508 e. The molecule has 1 unspecified atom stereocenters. The molecule has 0 radical (unpaired) electrons. The Labute approximate surface area is 124 Å². The number of hydrogen-bond donors (Lipinski definition) is 2. The highest BCUT2D eigenvalue weighted by molar-refractivity contribution is 5.49. The van der Waals surface area contributed by atoms with Crippen LogP contribution in [0.4, 0.5) is 0 Å². The lowest BCUT2D eigenvalue weighted by atomic mass is 9.88. The number of phenolic OH excluding ortho intramolecular Hbond substituents is 2. The second kappa shape index (κ2) is 6.39. The summed E-state index contributed by atoms with van der Waals surface area (Å²) in [5, 5.41) is 19.9. The van der Waals surface area contributed by atoms with Crippen LogP contribution in [0.1, 0.15) is 30.4 Å².